The lowest BCUT2D eigenvalue weighted by molar-refractivity contribution is 0.737. The standard InChI is InChI=1S/C17H15Cl2NS/c18-15-6-5-13(11-16(15)19)21-17-4-2-1-3-14(17)12-7-9-20-10-8-12/h1-7,11,20H,8-10H2. The van der Waals surface area contributed by atoms with Gasteiger partial charge in [-0.25, -0.2) is 0 Å². The molecule has 0 saturated heterocycles. The second kappa shape index (κ2) is 6.89. The highest BCUT2D eigenvalue weighted by Crippen LogP contribution is 2.37. The molecule has 2 aromatic rings. The summed E-state index contributed by atoms with van der Waals surface area (Å²) in [5.41, 5.74) is 2.73. The average Bonchev–Trinajstić information content (AvgIpc) is 2.52. The average molecular weight is 336 g/mol. The van der Waals surface area contributed by atoms with Gasteiger partial charge in [0.15, 0.2) is 0 Å². The Morgan fingerprint density at radius 2 is 1.86 bits per heavy atom. The van der Waals surface area contributed by atoms with Crippen LogP contribution in [0.2, 0.25) is 10.0 Å². The first kappa shape index (κ1) is 15.0. The molecule has 1 nitrogen and oxygen atoms in total. The van der Waals surface area contributed by atoms with Gasteiger partial charge in [-0.05, 0) is 48.4 Å². The molecule has 2 aromatic carbocycles. The Kier molecular flexibility index (Phi) is 4.91. The maximum absolute atomic E-state index is 6.10. The number of rotatable bonds is 3. The normalized spacial score (nSPS) is 14.9. The van der Waals surface area contributed by atoms with Crippen LogP contribution < -0.4 is 5.32 Å². The fraction of sp³-hybridized carbons (Fsp3) is 0.176. The lowest BCUT2D eigenvalue weighted by Gasteiger charge is -2.17. The van der Waals surface area contributed by atoms with E-state index in [1.807, 2.05) is 18.2 Å². The minimum absolute atomic E-state index is 0.593. The van der Waals surface area contributed by atoms with E-state index < -0.39 is 0 Å². The van der Waals surface area contributed by atoms with Crippen molar-refractivity contribution in [3.05, 3.63) is 64.1 Å². The van der Waals surface area contributed by atoms with Crippen molar-refractivity contribution < 1.29 is 0 Å². The molecule has 0 aromatic heterocycles. The third-order valence-electron chi connectivity index (χ3n) is 3.42. The molecule has 0 bridgehead atoms. The molecule has 1 N–H and O–H groups in total. The van der Waals surface area contributed by atoms with Crippen molar-refractivity contribution in [1.29, 1.82) is 0 Å². The van der Waals surface area contributed by atoms with Crippen LogP contribution >= 0.6 is 35.0 Å². The van der Waals surface area contributed by atoms with Crippen LogP contribution in [0.4, 0.5) is 0 Å². The summed E-state index contributed by atoms with van der Waals surface area (Å²) in [6, 6.07) is 14.3. The lowest BCUT2D eigenvalue weighted by atomic mass is 10.0. The van der Waals surface area contributed by atoms with E-state index in [9.17, 15) is 0 Å². The van der Waals surface area contributed by atoms with Crippen LogP contribution in [0.25, 0.3) is 5.57 Å². The van der Waals surface area contributed by atoms with Gasteiger partial charge in [-0.2, -0.15) is 0 Å². The number of hydrogen-bond donors (Lipinski definition) is 1. The third kappa shape index (κ3) is 3.64. The highest BCUT2D eigenvalue weighted by atomic mass is 35.5. The van der Waals surface area contributed by atoms with Crippen LogP contribution in [-0.4, -0.2) is 13.1 Å². The Morgan fingerprint density at radius 3 is 2.62 bits per heavy atom. The largest absolute Gasteiger partial charge is 0.313 e. The first-order valence-corrected chi connectivity index (χ1v) is 8.43. The second-order valence-corrected chi connectivity index (χ2v) is 6.79. The molecule has 1 aliphatic rings. The van der Waals surface area contributed by atoms with Gasteiger partial charge in [0.25, 0.3) is 0 Å². The van der Waals surface area contributed by atoms with Gasteiger partial charge < -0.3 is 5.32 Å². The molecule has 0 spiro atoms. The van der Waals surface area contributed by atoms with Gasteiger partial charge in [0.2, 0.25) is 0 Å². The van der Waals surface area contributed by atoms with E-state index in [0.717, 1.165) is 24.4 Å². The van der Waals surface area contributed by atoms with E-state index in [4.69, 9.17) is 23.2 Å². The Bertz CT molecular complexity index is 682. The van der Waals surface area contributed by atoms with E-state index in [1.54, 1.807) is 11.8 Å². The molecule has 0 aliphatic carbocycles. The van der Waals surface area contributed by atoms with Crippen molar-refractivity contribution in [2.45, 2.75) is 16.2 Å². The Hall–Kier alpha value is -0.930. The zero-order valence-electron chi connectivity index (χ0n) is 11.4. The molecule has 0 saturated carbocycles. The van der Waals surface area contributed by atoms with Crippen molar-refractivity contribution in [3.63, 3.8) is 0 Å². The summed E-state index contributed by atoms with van der Waals surface area (Å²) in [4.78, 5) is 2.36. The first-order valence-electron chi connectivity index (χ1n) is 6.86. The highest BCUT2D eigenvalue weighted by molar-refractivity contribution is 7.99. The SMILES string of the molecule is Clc1ccc(Sc2ccccc2C2=CCNCC2)cc1Cl. The summed E-state index contributed by atoms with van der Waals surface area (Å²) < 4.78 is 0. The summed E-state index contributed by atoms with van der Waals surface area (Å²) in [6.07, 6.45) is 3.34. The van der Waals surface area contributed by atoms with Crippen molar-refractivity contribution in [3.8, 4) is 0 Å². The van der Waals surface area contributed by atoms with E-state index in [0.29, 0.717) is 10.0 Å². The minimum atomic E-state index is 0.593. The molecule has 0 radical (unpaired) electrons. The van der Waals surface area contributed by atoms with Gasteiger partial charge in [0, 0.05) is 16.3 Å². The molecule has 21 heavy (non-hydrogen) atoms. The summed E-state index contributed by atoms with van der Waals surface area (Å²) in [5, 5.41) is 4.54. The summed E-state index contributed by atoms with van der Waals surface area (Å²) in [7, 11) is 0. The molecule has 0 unspecified atom stereocenters. The number of benzene rings is 2. The van der Waals surface area contributed by atoms with E-state index in [2.05, 4.69) is 35.7 Å². The van der Waals surface area contributed by atoms with Gasteiger partial charge in [-0.1, -0.05) is 59.2 Å². The highest BCUT2D eigenvalue weighted by Gasteiger charge is 2.11. The number of nitrogens with one attached hydrogen (secondary N) is 1. The molecule has 0 fully saturated rings. The van der Waals surface area contributed by atoms with Crippen LogP contribution in [0, 0.1) is 0 Å². The Morgan fingerprint density at radius 1 is 1.00 bits per heavy atom. The van der Waals surface area contributed by atoms with Gasteiger partial charge in [-0.3, -0.25) is 0 Å². The molecule has 0 amide bonds. The van der Waals surface area contributed by atoms with Crippen LogP contribution in [0.5, 0.6) is 0 Å². The van der Waals surface area contributed by atoms with Crippen LogP contribution in [0.1, 0.15) is 12.0 Å². The van der Waals surface area contributed by atoms with Gasteiger partial charge >= 0.3 is 0 Å². The summed E-state index contributed by atoms with van der Waals surface area (Å²) >= 11 is 13.8. The fourth-order valence-corrected chi connectivity index (χ4v) is 3.74. The molecule has 108 valence electrons. The van der Waals surface area contributed by atoms with E-state index in [1.165, 1.54) is 16.0 Å². The molecular weight excluding hydrogens is 321 g/mol. The number of halogens is 2. The minimum Gasteiger partial charge on any atom is -0.313 e. The number of hydrogen-bond acceptors (Lipinski definition) is 2. The predicted octanol–water partition coefficient (Wildman–Crippen LogP) is 5.52. The molecule has 3 rings (SSSR count). The smallest absolute Gasteiger partial charge is 0.0603 e. The van der Waals surface area contributed by atoms with Crippen LogP contribution in [0.15, 0.2) is 58.3 Å². The molecule has 1 heterocycles. The topological polar surface area (TPSA) is 12.0 Å². The van der Waals surface area contributed by atoms with Crippen LogP contribution in [0.3, 0.4) is 0 Å². The van der Waals surface area contributed by atoms with Crippen molar-refractivity contribution in [2.24, 2.45) is 0 Å². The predicted molar refractivity (Wildman–Crippen MR) is 92.5 cm³/mol. The molecule has 1 aliphatic heterocycles. The fourth-order valence-electron chi connectivity index (χ4n) is 2.36. The van der Waals surface area contributed by atoms with Gasteiger partial charge in [0.05, 0.1) is 10.0 Å². The summed E-state index contributed by atoms with van der Waals surface area (Å²) in [6.45, 7) is 1.98. The lowest BCUT2D eigenvalue weighted by Crippen LogP contribution is -2.20. The zero-order chi connectivity index (χ0) is 14.7. The monoisotopic (exact) mass is 335 g/mol. The zero-order valence-corrected chi connectivity index (χ0v) is 13.7. The maximum atomic E-state index is 6.10. The molecule has 0 atom stereocenters. The Balaban J connectivity index is 1.91. The quantitative estimate of drug-likeness (QED) is 0.792. The van der Waals surface area contributed by atoms with E-state index in [-0.39, 0.29) is 0 Å². The van der Waals surface area contributed by atoms with Gasteiger partial charge in [0.1, 0.15) is 0 Å². The maximum Gasteiger partial charge on any atom is 0.0603 e. The molecule has 4 heteroatoms. The van der Waals surface area contributed by atoms with Crippen molar-refractivity contribution >= 4 is 40.5 Å². The van der Waals surface area contributed by atoms with Crippen LogP contribution in [-0.2, 0) is 0 Å². The van der Waals surface area contributed by atoms with Crippen molar-refractivity contribution in [2.75, 3.05) is 13.1 Å². The van der Waals surface area contributed by atoms with Gasteiger partial charge in [-0.15, -0.1) is 0 Å². The van der Waals surface area contributed by atoms with E-state index >= 15 is 0 Å². The van der Waals surface area contributed by atoms with Crippen molar-refractivity contribution in [1.82, 2.24) is 5.32 Å². The first-order chi connectivity index (χ1) is 10.2. The summed E-state index contributed by atoms with van der Waals surface area (Å²) in [5.74, 6) is 0. The Labute approximate surface area is 139 Å². The second-order valence-electron chi connectivity index (χ2n) is 4.86. The molecular formula is C17H15Cl2NS. The third-order valence-corrected chi connectivity index (χ3v) is 5.22.